The predicted octanol–water partition coefficient (Wildman–Crippen LogP) is 3.84. The van der Waals surface area contributed by atoms with E-state index in [2.05, 4.69) is 71.1 Å². The Labute approximate surface area is 152 Å². The van der Waals surface area contributed by atoms with Gasteiger partial charge >= 0.3 is 0 Å². The minimum absolute atomic E-state index is 0.472. The molecular formula is C21H32N4. The number of benzene rings is 2. The van der Waals surface area contributed by atoms with Gasteiger partial charge in [-0.1, -0.05) is 18.2 Å². The first-order valence-electron chi connectivity index (χ1n) is 9.14. The lowest BCUT2D eigenvalue weighted by Crippen LogP contribution is -2.40. The molecule has 2 aromatic rings. The summed E-state index contributed by atoms with van der Waals surface area (Å²) >= 11 is 0. The standard InChI is InChI=1S/C21H32N4/c1-17(2)25(15-14-20(23-4)16-22-3)21-12-10-19(11-13-21)24-18-8-6-5-7-9-18/h5-13,17,20,22-24H,14-16H2,1-4H3. The second-order valence-corrected chi connectivity index (χ2v) is 6.66. The Hall–Kier alpha value is -2.04. The SMILES string of the molecule is CNCC(CCN(c1ccc(Nc2ccccc2)cc1)C(C)C)NC. The van der Waals surface area contributed by atoms with Crippen LogP contribution >= 0.6 is 0 Å². The summed E-state index contributed by atoms with van der Waals surface area (Å²) in [5.41, 5.74) is 3.50. The van der Waals surface area contributed by atoms with E-state index in [0.717, 1.165) is 30.9 Å². The molecule has 0 aromatic heterocycles. The van der Waals surface area contributed by atoms with Crippen molar-refractivity contribution in [1.82, 2.24) is 10.6 Å². The number of nitrogens with one attached hydrogen (secondary N) is 3. The molecule has 25 heavy (non-hydrogen) atoms. The van der Waals surface area contributed by atoms with Crippen LogP contribution in [0.3, 0.4) is 0 Å². The maximum Gasteiger partial charge on any atom is 0.0385 e. The molecule has 1 unspecified atom stereocenters. The van der Waals surface area contributed by atoms with Gasteiger partial charge in [0, 0.05) is 42.2 Å². The van der Waals surface area contributed by atoms with Gasteiger partial charge in [-0.25, -0.2) is 0 Å². The van der Waals surface area contributed by atoms with E-state index >= 15 is 0 Å². The zero-order valence-corrected chi connectivity index (χ0v) is 15.9. The first-order valence-corrected chi connectivity index (χ1v) is 9.14. The van der Waals surface area contributed by atoms with E-state index in [9.17, 15) is 0 Å². The fraction of sp³-hybridized carbons (Fsp3) is 0.429. The molecule has 0 aliphatic rings. The lowest BCUT2D eigenvalue weighted by atomic mass is 10.1. The van der Waals surface area contributed by atoms with E-state index in [4.69, 9.17) is 0 Å². The largest absolute Gasteiger partial charge is 0.369 e. The van der Waals surface area contributed by atoms with Crippen LogP contribution < -0.4 is 20.9 Å². The van der Waals surface area contributed by atoms with Gasteiger partial charge in [-0.15, -0.1) is 0 Å². The molecule has 0 heterocycles. The number of nitrogens with zero attached hydrogens (tertiary/aromatic N) is 1. The second kappa shape index (κ2) is 10.1. The van der Waals surface area contributed by atoms with Crippen molar-refractivity contribution in [3.05, 3.63) is 54.6 Å². The van der Waals surface area contributed by atoms with Gasteiger partial charge in [0.15, 0.2) is 0 Å². The summed E-state index contributed by atoms with van der Waals surface area (Å²) in [6, 6.07) is 20.0. The van der Waals surface area contributed by atoms with Crippen molar-refractivity contribution in [2.24, 2.45) is 0 Å². The van der Waals surface area contributed by atoms with Crippen molar-refractivity contribution < 1.29 is 0 Å². The van der Waals surface area contributed by atoms with E-state index in [0.29, 0.717) is 12.1 Å². The topological polar surface area (TPSA) is 39.3 Å². The Morgan fingerprint density at radius 2 is 1.52 bits per heavy atom. The molecule has 0 radical (unpaired) electrons. The highest BCUT2D eigenvalue weighted by atomic mass is 15.2. The van der Waals surface area contributed by atoms with Crippen LogP contribution in [0.2, 0.25) is 0 Å². The number of likely N-dealkylation sites (N-methyl/N-ethyl adjacent to an activating group) is 2. The number of anilines is 3. The van der Waals surface area contributed by atoms with Gasteiger partial charge in [-0.2, -0.15) is 0 Å². The summed E-state index contributed by atoms with van der Waals surface area (Å²) in [4.78, 5) is 2.46. The molecule has 2 aromatic carbocycles. The van der Waals surface area contributed by atoms with E-state index in [1.165, 1.54) is 5.69 Å². The van der Waals surface area contributed by atoms with Crippen LogP contribution in [0.1, 0.15) is 20.3 Å². The van der Waals surface area contributed by atoms with Gasteiger partial charge in [0.05, 0.1) is 0 Å². The third kappa shape index (κ3) is 6.07. The van der Waals surface area contributed by atoms with Crippen LogP contribution in [0.5, 0.6) is 0 Å². The smallest absolute Gasteiger partial charge is 0.0385 e. The van der Waals surface area contributed by atoms with Gasteiger partial charge in [0.25, 0.3) is 0 Å². The molecule has 0 spiro atoms. The molecule has 0 fully saturated rings. The third-order valence-electron chi connectivity index (χ3n) is 4.46. The zero-order chi connectivity index (χ0) is 18.1. The van der Waals surface area contributed by atoms with Crippen molar-refractivity contribution in [2.75, 3.05) is 37.4 Å². The highest BCUT2D eigenvalue weighted by molar-refractivity contribution is 5.62. The molecule has 0 bridgehead atoms. The molecule has 3 N–H and O–H groups in total. The molecule has 0 saturated heterocycles. The van der Waals surface area contributed by atoms with Crippen LogP contribution in [-0.2, 0) is 0 Å². The summed E-state index contributed by atoms with van der Waals surface area (Å²) in [6.45, 7) is 6.53. The fourth-order valence-corrected chi connectivity index (χ4v) is 3.00. The van der Waals surface area contributed by atoms with Crippen molar-refractivity contribution in [2.45, 2.75) is 32.4 Å². The summed E-state index contributed by atoms with van der Waals surface area (Å²) < 4.78 is 0. The van der Waals surface area contributed by atoms with Crippen molar-refractivity contribution in [3.63, 3.8) is 0 Å². The molecule has 4 nitrogen and oxygen atoms in total. The van der Waals surface area contributed by atoms with Crippen LogP contribution in [-0.4, -0.2) is 39.3 Å². The van der Waals surface area contributed by atoms with Crippen molar-refractivity contribution in [3.8, 4) is 0 Å². The lowest BCUT2D eigenvalue weighted by Gasteiger charge is -2.31. The van der Waals surface area contributed by atoms with Crippen LogP contribution in [0.15, 0.2) is 54.6 Å². The van der Waals surface area contributed by atoms with Gasteiger partial charge in [-0.05, 0) is 70.8 Å². The average Bonchev–Trinajstić information content (AvgIpc) is 2.63. The monoisotopic (exact) mass is 340 g/mol. The molecule has 0 aliphatic carbocycles. The minimum atomic E-state index is 0.472. The molecule has 2 rings (SSSR count). The number of hydrogen-bond acceptors (Lipinski definition) is 4. The molecule has 1 atom stereocenters. The maximum atomic E-state index is 3.44. The van der Waals surface area contributed by atoms with Gasteiger partial charge in [-0.3, -0.25) is 0 Å². The molecule has 136 valence electrons. The van der Waals surface area contributed by atoms with Crippen molar-refractivity contribution in [1.29, 1.82) is 0 Å². The Kier molecular flexibility index (Phi) is 7.76. The Balaban J connectivity index is 2.01. The molecule has 0 saturated carbocycles. The highest BCUT2D eigenvalue weighted by Crippen LogP contribution is 2.23. The Morgan fingerprint density at radius 3 is 2.08 bits per heavy atom. The summed E-state index contributed by atoms with van der Waals surface area (Å²) in [7, 11) is 4.04. The van der Waals surface area contributed by atoms with Gasteiger partial charge in [0.2, 0.25) is 0 Å². The number of hydrogen-bond donors (Lipinski definition) is 3. The van der Waals surface area contributed by atoms with Crippen molar-refractivity contribution >= 4 is 17.1 Å². The Morgan fingerprint density at radius 1 is 0.880 bits per heavy atom. The summed E-state index contributed by atoms with van der Waals surface area (Å²) in [5.74, 6) is 0. The third-order valence-corrected chi connectivity index (χ3v) is 4.46. The summed E-state index contributed by atoms with van der Waals surface area (Å²) in [6.07, 6.45) is 1.11. The number of rotatable bonds is 10. The molecule has 0 amide bonds. The fourth-order valence-electron chi connectivity index (χ4n) is 3.00. The average molecular weight is 341 g/mol. The first-order chi connectivity index (χ1) is 12.1. The quantitative estimate of drug-likeness (QED) is 0.614. The van der Waals surface area contributed by atoms with Gasteiger partial charge in [0.1, 0.15) is 0 Å². The lowest BCUT2D eigenvalue weighted by molar-refractivity contribution is 0.488. The molecule has 4 heteroatoms. The molecule has 0 aliphatic heterocycles. The Bertz CT molecular complexity index is 595. The summed E-state index contributed by atoms with van der Waals surface area (Å²) in [5, 5.41) is 10.1. The van der Waals surface area contributed by atoms with Gasteiger partial charge < -0.3 is 20.9 Å². The van der Waals surface area contributed by atoms with Crippen LogP contribution in [0, 0.1) is 0 Å². The highest BCUT2D eigenvalue weighted by Gasteiger charge is 2.13. The van der Waals surface area contributed by atoms with E-state index < -0.39 is 0 Å². The van der Waals surface area contributed by atoms with E-state index in [-0.39, 0.29) is 0 Å². The van der Waals surface area contributed by atoms with Crippen LogP contribution in [0.25, 0.3) is 0 Å². The maximum absolute atomic E-state index is 3.44. The van der Waals surface area contributed by atoms with Crippen LogP contribution in [0.4, 0.5) is 17.1 Å². The number of para-hydroxylation sites is 1. The van der Waals surface area contributed by atoms with E-state index in [1.807, 2.05) is 32.3 Å². The second-order valence-electron chi connectivity index (χ2n) is 6.66. The normalized spacial score (nSPS) is 12.2. The first kappa shape index (κ1) is 19.3. The minimum Gasteiger partial charge on any atom is -0.369 e. The predicted molar refractivity (Wildman–Crippen MR) is 110 cm³/mol. The van der Waals surface area contributed by atoms with E-state index in [1.54, 1.807) is 0 Å². The molecular weight excluding hydrogens is 308 g/mol. The zero-order valence-electron chi connectivity index (χ0n) is 15.9.